The van der Waals surface area contributed by atoms with E-state index in [1.807, 2.05) is 57.2 Å². The summed E-state index contributed by atoms with van der Waals surface area (Å²) < 4.78 is 5.51. The van der Waals surface area contributed by atoms with Crippen molar-refractivity contribution >= 4 is 34.5 Å². The van der Waals surface area contributed by atoms with Crippen LogP contribution in [0.5, 0.6) is 0 Å². The lowest BCUT2D eigenvalue weighted by molar-refractivity contribution is 0.0512. The van der Waals surface area contributed by atoms with Gasteiger partial charge in [0.15, 0.2) is 0 Å². The maximum atomic E-state index is 12.5. The zero-order valence-corrected chi connectivity index (χ0v) is 17.8. The van der Waals surface area contributed by atoms with Crippen molar-refractivity contribution < 1.29 is 9.53 Å². The van der Waals surface area contributed by atoms with Crippen LogP contribution in [-0.2, 0) is 16.5 Å². The fraction of sp³-hybridized carbons (Fsp3) is 0.381. The van der Waals surface area contributed by atoms with E-state index < -0.39 is 17.7 Å². The summed E-state index contributed by atoms with van der Waals surface area (Å²) in [6.45, 7) is 9.77. The number of hydrogen-bond acceptors (Lipinski definition) is 3. The van der Waals surface area contributed by atoms with Crippen LogP contribution in [0.1, 0.15) is 34.6 Å². The maximum Gasteiger partial charge on any atom is 0.408 e. The number of carbonyl (C=O) groups is 1. The molecule has 0 bridgehead atoms. The van der Waals surface area contributed by atoms with E-state index in [2.05, 4.69) is 43.4 Å². The summed E-state index contributed by atoms with van der Waals surface area (Å²) in [6.07, 6.45) is -0.419. The van der Waals surface area contributed by atoms with Crippen molar-refractivity contribution in [3.8, 4) is 0 Å². The molecule has 0 radical (unpaired) electrons. The van der Waals surface area contributed by atoms with Gasteiger partial charge in [0.1, 0.15) is 5.60 Å². The highest BCUT2D eigenvalue weighted by Crippen LogP contribution is 2.50. The molecule has 0 heterocycles. The molecular formula is C21H28NO2PS. The summed E-state index contributed by atoms with van der Waals surface area (Å²) in [5.74, 6) is -0.0362. The van der Waals surface area contributed by atoms with E-state index in [1.165, 1.54) is 0 Å². The molecule has 0 saturated heterocycles. The number of nitrogens with one attached hydrogen (secondary N) is 1. The molecule has 26 heavy (non-hydrogen) atoms. The first kappa shape index (κ1) is 20.7. The maximum absolute atomic E-state index is 12.5. The van der Waals surface area contributed by atoms with Crippen LogP contribution in [0, 0.1) is 5.92 Å². The van der Waals surface area contributed by atoms with Gasteiger partial charge in [-0.25, -0.2) is 4.79 Å². The number of alkyl carbamates (subject to hydrolysis) is 1. The molecule has 1 amide bonds. The van der Waals surface area contributed by atoms with Crippen molar-refractivity contribution in [3.63, 3.8) is 0 Å². The highest BCUT2D eigenvalue weighted by molar-refractivity contribution is 8.22. The Morgan fingerprint density at radius 2 is 1.38 bits per heavy atom. The Bertz CT molecular complexity index is 726. The lowest BCUT2D eigenvalue weighted by Crippen LogP contribution is -2.45. The van der Waals surface area contributed by atoms with Crippen molar-refractivity contribution in [3.05, 3.63) is 60.7 Å². The van der Waals surface area contributed by atoms with Gasteiger partial charge in [-0.2, -0.15) is 0 Å². The smallest absolute Gasteiger partial charge is 0.408 e. The van der Waals surface area contributed by atoms with Gasteiger partial charge >= 0.3 is 6.09 Å². The van der Waals surface area contributed by atoms with E-state index in [1.54, 1.807) is 0 Å². The first-order valence-corrected chi connectivity index (χ1v) is 11.7. The largest absolute Gasteiger partial charge is 0.444 e. The summed E-state index contributed by atoms with van der Waals surface area (Å²) in [6, 6.07) is 18.0. The van der Waals surface area contributed by atoms with Crippen molar-refractivity contribution in [1.82, 2.24) is 5.32 Å². The van der Waals surface area contributed by atoms with Gasteiger partial charge in [-0.05, 0) is 37.3 Å². The van der Waals surface area contributed by atoms with Crippen molar-refractivity contribution in [2.24, 2.45) is 5.92 Å². The van der Waals surface area contributed by atoms with Crippen molar-refractivity contribution in [2.75, 3.05) is 0 Å². The lowest BCUT2D eigenvalue weighted by Gasteiger charge is -2.36. The second-order valence-corrected chi connectivity index (χ2v) is 12.3. The number of rotatable bonds is 5. The highest BCUT2D eigenvalue weighted by Gasteiger charge is 2.36. The monoisotopic (exact) mass is 389 g/mol. The van der Waals surface area contributed by atoms with Crippen LogP contribution >= 0.6 is 6.04 Å². The third-order valence-corrected chi connectivity index (χ3v) is 9.55. The van der Waals surface area contributed by atoms with E-state index in [4.69, 9.17) is 16.5 Å². The number of hydrogen-bond donors (Lipinski definition) is 1. The summed E-state index contributed by atoms with van der Waals surface area (Å²) in [5, 5.41) is 5.28. The quantitative estimate of drug-likeness (QED) is 0.758. The molecule has 1 atom stereocenters. The average molecular weight is 390 g/mol. The minimum Gasteiger partial charge on any atom is -0.444 e. The van der Waals surface area contributed by atoms with Crippen LogP contribution < -0.4 is 15.9 Å². The number of benzene rings is 2. The third-order valence-electron chi connectivity index (χ3n) is 3.97. The van der Waals surface area contributed by atoms with Gasteiger partial charge in [0.2, 0.25) is 0 Å². The Hall–Kier alpha value is -1.64. The standard InChI is InChI=1S/C21H28NO2PS/c1-16(2)19(22-20(23)24-21(3,4)5)25(26,17-12-8-6-9-13-17)18-14-10-7-11-15-18/h6-16,19H,1-5H3,(H,22,23)/t19-/m0/s1. The molecule has 2 aromatic carbocycles. The first-order chi connectivity index (χ1) is 12.1. The van der Waals surface area contributed by atoms with Gasteiger partial charge in [-0.1, -0.05) is 86.3 Å². The van der Waals surface area contributed by atoms with Gasteiger partial charge in [-0.3, -0.25) is 0 Å². The van der Waals surface area contributed by atoms with Gasteiger partial charge in [-0.15, -0.1) is 0 Å². The van der Waals surface area contributed by atoms with Crippen LogP contribution in [0.2, 0.25) is 0 Å². The minimum atomic E-state index is -2.29. The molecule has 0 fully saturated rings. The third kappa shape index (κ3) is 4.96. The molecule has 2 aromatic rings. The predicted octanol–water partition coefficient (Wildman–Crippen LogP) is 4.62. The Balaban J connectivity index is 2.51. The second-order valence-electron chi connectivity index (χ2n) is 7.66. The summed E-state index contributed by atoms with van der Waals surface area (Å²) in [5.41, 5.74) is -0.548. The SMILES string of the molecule is CC(C)[C@@H](NC(=O)OC(C)(C)C)P(=S)(c1ccccc1)c1ccccc1. The molecule has 0 aliphatic heterocycles. The fourth-order valence-corrected chi connectivity index (χ4v) is 7.79. The van der Waals surface area contributed by atoms with E-state index >= 15 is 0 Å². The number of amides is 1. The topological polar surface area (TPSA) is 38.3 Å². The van der Waals surface area contributed by atoms with E-state index in [0.717, 1.165) is 10.6 Å². The molecular weight excluding hydrogens is 361 g/mol. The Morgan fingerprint density at radius 3 is 1.73 bits per heavy atom. The van der Waals surface area contributed by atoms with Crippen molar-refractivity contribution in [1.29, 1.82) is 0 Å². The molecule has 5 heteroatoms. The van der Waals surface area contributed by atoms with E-state index in [0.29, 0.717) is 0 Å². The van der Waals surface area contributed by atoms with Crippen molar-refractivity contribution in [2.45, 2.75) is 46.0 Å². The number of carbonyl (C=O) groups excluding carboxylic acids is 1. The van der Waals surface area contributed by atoms with Crippen LogP contribution in [0.3, 0.4) is 0 Å². The zero-order chi connectivity index (χ0) is 19.4. The van der Waals surface area contributed by atoms with Crippen LogP contribution in [-0.4, -0.2) is 17.5 Å². The van der Waals surface area contributed by atoms with E-state index in [9.17, 15) is 4.79 Å². The Morgan fingerprint density at radius 1 is 0.962 bits per heavy atom. The van der Waals surface area contributed by atoms with Crippen LogP contribution in [0.4, 0.5) is 4.79 Å². The second kappa shape index (κ2) is 8.37. The normalized spacial score (nSPS) is 13.3. The molecule has 0 aromatic heterocycles. The first-order valence-electron chi connectivity index (χ1n) is 8.85. The van der Waals surface area contributed by atoms with Crippen LogP contribution in [0.25, 0.3) is 0 Å². The molecule has 2 rings (SSSR count). The van der Waals surface area contributed by atoms with Crippen LogP contribution in [0.15, 0.2) is 60.7 Å². The average Bonchev–Trinajstić information content (AvgIpc) is 2.59. The molecule has 140 valence electrons. The minimum absolute atomic E-state index is 0.161. The molecule has 0 saturated carbocycles. The Labute approximate surface area is 162 Å². The van der Waals surface area contributed by atoms with E-state index in [-0.39, 0.29) is 11.7 Å². The summed E-state index contributed by atoms with van der Waals surface area (Å²) in [7, 11) is 0. The zero-order valence-electron chi connectivity index (χ0n) is 16.1. The number of ether oxygens (including phenoxy) is 1. The van der Waals surface area contributed by atoms with Gasteiger partial charge < -0.3 is 10.1 Å². The molecule has 3 nitrogen and oxygen atoms in total. The Kier molecular flexibility index (Phi) is 6.65. The lowest BCUT2D eigenvalue weighted by atomic mass is 10.2. The molecule has 0 aliphatic rings. The predicted molar refractivity (Wildman–Crippen MR) is 114 cm³/mol. The summed E-state index contributed by atoms with van der Waals surface area (Å²) in [4.78, 5) is 12.5. The van der Waals surface area contributed by atoms with Gasteiger partial charge in [0, 0.05) is 6.04 Å². The molecule has 0 aliphatic carbocycles. The molecule has 0 unspecified atom stereocenters. The van der Waals surface area contributed by atoms with Gasteiger partial charge in [0.05, 0.1) is 5.78 Å². The highest BCUT2D eigenvalue weighted by atomic mass is 32.4. The summed E-state index contributed by atoms with van der Waals surface area (Å²) >= 11 is 6.33. The fourth-order valence-electron chi connectivity index (χ4n) is 2.87. The van der Waals surface area contributed by atoms with Gasteiger partial charge in [0.25, 0.3) is 0 Å². The molecule has 1 N–H and O–H groups in total. The molecule has 0 spiro atoms.